The van der Waals surface area contributed by atoms with Crippen LogP contribution in [0, 0.1) is 0 Å². The summed E-state index contributed by atoms with van der Waals surface area (Å²) in [4.78, 5) is 0. The third kappa shape index (κ3) is 3.04. The maximum Gasteiger partial charge on any atom is 0.416 e. The molecule has 1 aliphatic carbocycles. The number of aryl methyl sites for hydroxylation is 1. The van der Waals surface area contributed by atoms with Gasteiger partial charge in [0.2, 0.25) is 0 Å². The van der Waals surface area contributed by atoms with E-state index in [1.165, 1.54) is 17.7 Å². The van der Waals surface area contributed by atoms with Gasteiger partial charge in [-0.1, -0.05) is 24.3 Å². The van der Waals surface area contributed by atoms with Gasteiger partial charge in [0.25, 0.3) is 0 Å². The normalized spacial score (nSPS) is 18.1. The fraction of sp³-hybridized carbons (Fsp3) is 0.294. The SMILES string of the molecule is FC(F)(F)c1ccc(OC2CCCc3ccccc32)cc1. The average molecular weight is 292 g/mol. The molecule has 0 aliphatic heterocycles. The number of fused-ring (bicyclic) bond motifs is 1. The number of alkyl halides is 3. The molecule has 0 aromatic heterocycles. The lowest BCUT2D eigenvalue weighted by molar-refractivity contribution is -0.137. The van der Waals surface area contributed by atoms with E-state index in [0.29, 0.717) is 5.75 Å². The van der Waals surface area contributed by atoms with Crippen molar-refractivity contribution >= 4 is 0 Å². The summed E-state index contributed by atoms with van der Waals surface area (Å²) in [6, 6.07) is 13.0. The Balaban J connectivity index is 1.79. The minimum atomic E-state index is -4.31. The van der Waals surface area contributed by atoms with E-state index < -0.39 is 11.7 Å². The van der Waals surface area contributed by atoms with Gasteiger partial charge in [0.15, 0.2) is 0 Å². The quantitative estimate of drug-likeness (QED) is 0.742. The summed E-state index contributed by atoms with van der Waals surface area (Å²) >= 11 is 0. The highest BCUT2D eigenvalue weighted by molar-refractivity contribution is 5.34. The molecule has 1 atom stereocenters. The first-order chi connectivity index (χ1) is 10.0. The van der Waals surface area contributed by atoms with E-state index in [9.17, 15) is 13.2 Å². The second kappa shape index (κ2) is 5.43. The van der Waals surface area contributed by atoms with Gasteiger partial charge in [0, 0.05) is 0 Å². The molecule has 21 heavy (non-hydrogen) atoms. The lowest BCUT2D eigenvalue weighted by atomic mass is 9.89. The van der Waals surface area contributed by atoms with Crippen LogP contribution in [0.4, 0.5) is 13.2 Å². The van der Waals surface area contributed by atoms with Crippen LogP contribution in [0.15, 0.2) is 48.5 Å². The van der Waals surface area contributed by atoms with E-state index in [2.05, 4.69) is 6.07 Å². The summed E-state index contributed by atoms with van der Waals surface area (Å²) in [6.45, 7) is 0. The van der Waals surface area contributed by atoms with Crippen molar-refractivity contribution in [2.75, 3.05) is 0 Å². The van der Waals surface area contributed by atoms with E-state index in [4.69, 9.17) is 4.74 Å². The molecule has 0 heterocycles. The second-order valence-electron chi connectivity index (χ2n) is 5.22. The van der Waals surface area contributed by atoms with Gasteiger partial charge in [-0.2, -0.15) is 13.2 Å². The molecule has 2 aromatic rings. The molecule has 1 unspecified atom stereocenters. The number of benzene rings is 2. The predicted octanol–water partition coefficient (Wildman–Crippen LogP) is 5.16. The maximum atomic E-state index is 12.5. The topological polar surface area (TPSA) is 9.23 Å². The van der Waals surface area contributed by atoms with Crippen molar-refractivity contribution < 1.29 is 17.9 Å². The van der Waals surface area contributed by atoms with Crippen LogP contribution < -0.4 is 4.74 Å². The van der Waals surface area contributed by atoms with Crippen molar-refractivity contribution in [3.63, 3.8) is 0 Å². The molecule has 1 aliphatic rings. The van der Waals surface area contributed by atoms with Gasteiger partial charge in [0.1, 0.15) is 11.9 Å². The van der Waals surface area contributed by atoms with E-state index >= 15 is 0 Å². The van der Waals surface area contributed by atoms with Crippen molar-refractivity contribution in [3.05, 3.63) is 65.2 Å². The van der Waals surface area contributed by atoms with Crippen LogP contribution in [0.25, 0.3) is 0 Å². The third-order valence-electron chi connectivity index (χ3n) is 3.77. The van der Waals surface area contributed by atoms with Gasteiger partial charge in [-0.15, -0.1) is 0 Å². The third-order valence-corrected chi connectivity index (χ3v) is 3.77. The van der Waals surface area contributed by atoms with Crippen molar-refractivity contribution in [3.8, 4) is 5.75 Å². The number of rotatable bonds is 2. The first-order valence-corrected chi connectivity index (χ1v) is 6.96. The van der Waals surface area contributed by atoms with Crippen LogP contribution >= 0.6 is 0 Å². The molecule has 2 aromatic carbocycles. The highest BCUT2D eigenvalue weighted by atomic mass is 19.4. The molecule has 110 valence electrons. The summed E-state index contributed by atoms with van der Waals surface area (Å²) in [5.41, 5.74) is 1.75. The van der Waals surface area contributed by atoms with E-state index in [0.717, 1.165) is 37.0 Å². The molecule has 0 amide bonds. The summed E-state index contributed by atoms with van der Waals surface area (Å²) in [5.74, 6) is 0.477. The van der Waals surface area contributed by atoms with Gasteiger partial charge < -0.3 is 4.74 Å². The van der Waals surface area contributed by atoms with Crippen molar-refractivity contribution in [1.29, 1.82) is 0 Å². The highest BCUT2D eigenvalue weighted by Crippen LogP contribution is 2.35. The van der Waals surface area contributed by atoms with E-state index in [1.807, 2.05) is 18.2 Å². The van der Waals surface area contributed by atoms with Crippen molar-refractivity contribution in [2.24, 2.45) is 0 Å². The Morgan fingerprint density at radius 3 is 2.38 bits per heavy atom. The van der Waals surface area contributed by atoms with Crippen LogP contribution in [0.1, 0.15) is 35.6 Å². The minimum Gasteiger partial charge on any atom is -0.486 e. The first-order valence-electron chi connectivity index (χ1n) is 6.96. The van der Waals surface area contributed by atoms with Crippen molar-refractivity contribution in [1.82, 2.24) is 0 Å². The smallest absolute Gasteiger partial charge is 0.416 e. The summed E-state index contributed by atoms with van der Waals surface area (Å²) in [5, 5.41) is 0. The van der Waals surface area contributed by atoms with E-state index in [1.54, 1.807) is 0 Å². The monoisotopic (exact) mass is 292 g/mol. The first kappa shape index (κ1) is 14.0. The fourth-order valence-corrected chi connectivity index (χ4v) is 2.72. The minimum absolute atomic E-state index is 0.0771. The van der Waals surface area contributed by atoms with Crippen LogP contribution in [0.5, 0.6) is 5.75 Å². The highest BCUT2D eigenvalue weighted by Gasteiger charge is 2.30. The largest absolute Gasteiger partial charge is 0.486 e. The Labute approximate surface area is 121 Å². The van der Waals surface area contributed by atoms with Gasteiger partial charge in [-0.3, -0.25) is 0 Å². The van der Waals surface area contributed by atoms with Gasteiger partial charge >= 0.3 is 6.18 Å². The molecule has 3 rings (SSSR count). The molecular weight excluding hydrogens is 277 g/mol. The van der Waals surface area contributed by atoms with Crippen LogP contribution in [-0.2, 0) is 12.6 Å². The summed E-state index contributed by atoms with van der Waals surface area (Å²) < 4.78 is 43.5. The number of hydrogen-bond donors (Lipinski definition) is 0. The summed E-state index contributed by atoms with van der Waals surface area (Å²) in [7, 11) is 0. The molecule has 0 bridgehead atoms. The Kier molecular flexibility index (Phi) is 3.62. The van der Waals surface area contributed by atoms with Crippen molar-refractivity contribution in [2.45, 2.75) is 31.5 Å². The molecule has 0 saturated carbocycles. The summed E-state index contributed by atoms with van der Waals surface area (Å²) in [6.07, 6.45) is -1.44. The number of hydrogen-bond acceptors (Lipinski definition) is 1. The fourth-order valence-electron chi connectivity index (χ4n) is 2.72. The molecule has 0 saturated heterocycles. The molecule has 1 nitrogen and oxygen atoms in total. The lowest BCUT2D eigenvalue weighted by Crippen LogP contribution is -2.15. The number of ether oxygens (including phenoxy) is 1. The van der Waals surface area contributed by atoms with Crippen LogP contribution in [0.3, 0.4) is 0 Å². The predicted molar refractivity (Wildman–Crippen MR) is 74.2 cm³/mol. The molecule has 0 radical (unpaired) electrons. The van der Waals surface area contributed by atoms with E-state index in [-0.39, 0.29) is 6.10 Å². The maximum absolute atomic E-state index is 12.5. The zero-order valence-electron chi connectivity index (χ0n) is 11.4. The average Bonchev–Trinajstić information content (AvgIpc) is 2.47. The Morgan fingerprint density at radius 2 is 1.67 bits per heavy atom. The molecular formula is C17H15F3O. The Bertz CT molecular complexity index is 617. The molecule has 0 N–H and O–H groups in total. The molecule has 0 spiro atoms. The molecule has 0 fully saturated rings. The number of halogens is 3. The standard InChI is InChI=1S/C17H15F3O/c18-17(19,20)13-8-10-14(11-9-13)21-16-7-3-5-12-4-1-2-6-15(12)16/h1-2,4,6,8-11,16H,3,5,7H2. The van der Waals surface area contributed by atoms with Gasteiger partial charge in [0.05, 0.1) is 5.56 Å². The Morgan fingerprint density at radius 1 is 0.952 bits per heavy atom. The van der Waals surface area contributed by atoms with Crippen LogP contribution in [-0.4, -0.2) is 0 Å². The van der Waals surface area contributed by atoms with Gasteiger partial charge in [-0.05, 0) is 54.7 Å². The Hall–Kier alpha value is -1.97. The zero-order valence-corrected chi connectivity index (χ0v) is 11.4. The zero-order chi connectivity index (χ0) is 14.9. The lowest BCUT2D eigenvalue weighted by Gasteiger charge is -2.26. The van der Waals surface area contributed by atoms with Gasteiger partial charge in [-0.25, -0.2) is 0 Å². The molecule has 4 heteroatoms. The van der Waals surface area contributed by atoms with Crippen LogP contribution in [0.2, 0.25) is 0 Å². The second-order valence-corrected chi connectivity index (χ2v) is 5.22.